The van der Waals surface area contributed by atoms with Crippen LogP contribution < -0.4 is 15.5 Å². The van der Waals surface area contributed by atoms with Gasteiger partial charge in [-0.05, 0) is 42.7 Å². The van der Waals surface area contributed by atoms with Gasteiger partial charge in [-0.2, -0.15) is 5.10 Å². The van der Waals surface area contributed by atoms with Crippen LogP contribution in [0, 0.1) is 11.3 Å². The minimum Gasteiger partial charge on any atom is -0.497 e. The summed E-state index contributed by atoms with van der Waals surface area (Å²) in [4.78, 5) is 11.9. The van der Waals surface area contributed by atoms with E-state index in [-0.39, 0.29) is 17.9 Å². The highest BCUT2D eigenvalue weighted by atomic mass is 16.5. The average Bonchev–Trinajstić information content (AvgIpc) is 2.49. The number of nitrogens with zero attached hydrogens (tertiary/aromatic N) is 1. The Morgan fingerprint density at radius 1 is 1.43 bits per heavy atom. The maximum atomic E-state index is 11.9. The van der Waals surface area contributed by atoms with E-state index in [2.05, 4.69) is 36.6 Å². The van der Waals surface area contributed by atoms with Crippen molar-refractivity contribution in [3.8, 4) is 5.75 Å². The van der Waals surface area contributed by atoms with Gasteiger partial charge in [0, 0.05) is 17.5 Å². The number of methoxy groups -OCH3 is 1. The van der Waals surface area contributed by atoms with Crippen LogP contribution in [-0.4, -0.2) is 25.3 Å². The second kappa shape index (κ2) is 7.49. The third-order valence-electron chi connectivity index (χ3n) is 4.03. The molecule has 1 aliphatic rings. The number of hydrogen-bond donors (Lipinski definition) is 2. The van der Waals surface area contributed by atoms with Crippen LogP contribution in [0.15, 0.2) is 29.4 Å². The molecule has 1 aromatic carbocycles. The van der Waals surface area contributed by atoms with E-state index in [0.717, 1.165) is 30.0 Å². The standard InChI is InChI=1S/C18H27N3O2/c1-13-8-15(11-18(2,3)10-13)20-21-17(22)12-19-14-6-5-7-16(9-14)23-4/h5-7,9,13,19H,8,10-12H2,1-4H3,(H,21,22)/b20-15-/t13-/m1/s1. The molecular formula is C18H27N3O2. The lowest BCUT2D eigenvalue weighted by atomic mass is 9.72. The summed E-state index contributed by atoms with van der Waals surface area (Å²) in [6.45, 7) is 6.93. The van der Waals surface area contributed by atoms with E-state index in [9.17, 15) is 4.79 Å². The molecule has 1 saturated carbocycles. The minimum atomic E-state index is -0.142. The van der Waals surface area contributed by atoms with E-state index in [1.54, 1.807) is 7.11 Å². The first-order valence-corrected chi connectivity index (χ1v) is 8.10. The van der Waals surface area contributed by atoms with Crippen LogP contribution in [0.3, 0.4) is 0 Å². The Hall–Kier alpha value is -2.04. The fourth-order valence-corrected chi connectivity index (χ4v) is 3.30. The average molecular weight is 317 g/mol. The van der Waals surface area contributed by atoms with E-state index in [1.807, 2.05) is 24.3 Å². The van der Waals surface area contributed by atoms with Crippen LogP contribution in [0.4, 0.5) is 5.69 Å². The number of nitrogens with one attached hydrogen (secondary N) is 2. The number of carbonyl (C=O) groups excluding carboxylic acids is 1. The number of hydrogen-bond acceptors (Lipinski definition) is 4. The molecule has 1 fully saturated rings. The van der Waals surface area contributed by atoms with E-state index in [0.29, 0.717) is 5.92 Å². The Morgan fingerprint density at radius 3 is 2.91 bits per heavy atom. The number of rotatable bonds is 5. The van der Waals surface area contributed by atoms with Crippen molar-refractivity contribution in [3.05, 3.63) is 24.3 Å². The molecule has 0 spiro atoms. The highest BCUT2D eigenvalue weighted by molar-refractivity contribution is 5.88. The zero-order chi connectivity index (χ0) is 16.9. The van der Waals surface area contributed by atoms with Crippen molar-refractivity contribution in [3.63, 3.8) is 0 Å². The van der Waals surface area contributed by atoms with Crippen LogP contribution in [-0.2, 0) is 4.79 Å². The third kappa shape index (κ3) is 5.58. The van der Waals surface area contributed by atoms with Crippen molar-refractivity contribution < 1.29 is 9.53 Å². The lowest BCUT2D eigenvalue weighted by Gasteiger charge is -2.34. The van der Waals surface area contributed by atoms with E-state index in [1.165, 1.54) is 6.42 Å². The van der Waals surface area contributed by atoms with Crippen LogP contribution in [0.5, 0.6) is 5.75 Å². The van der Waals surface area contributed by atoms with Gasteiger partial charge in [0.1, 0.15) is 5.75 Å². The zero-order valence-electron chi connectivity index (χ0n) is 14.5. The van der Waals surface area contributed by atoms with Gasteiger partial charge in [0.2, 0.25) is 0 Å². The van der Waals surface area contributed by atoms with Gasteiger partial charge >= 0.3 is 0 Å². The first-order valence-electron chi connectivity index (χ1n) is 8.10. The molecule has 2 rings (SSSR count). The first-order chi connectivity index (χ1) is 10.9. The van der Waals surface area contributed by atoms with Crippen molar-refractivity contribution >= 4 is 17.3 Å². The Morgan fingerprint density at radius 2 is 2.22 bits per heavy atom. The number of amides is 1. The molecule has 0 aliphatic heterocycles. The quantitative estimate of drug-likeness (QED) is 0.818. The predicted octanol–water partition coefficient (Wildman–Crippen LogP) is 3.43. The van der Waals surface area contributed by atoms with Gasteiger partial charge in [-0.3, -0.25) is 4.79 Å². The lowest BCUT2D eigenvalue weighted by Crippen LogP contribution is -2.31. The number of hydrazone groups is 1. The van der Waals surface area contributed by atoms with E-state index >= 15 is 0 Å². The summed E-state index contributed by atoms with van der Waals surface area (Å²) in [5.74, 6) is 1.23. The second-order valence-corrected chi connectivity index (χ2v) is 7.15. The van der Waals surface area contributed by atoms with Gasteiger partial charge in [0.25, 0.3) is 5.91 Å². The number of carbonyl (C=O) groups is 1. The molecule has 0 radical (unpaired) electrons. The van der Waals surface area contributed by atoms with Gasteiger partial charge < -0.3 is 10.1 Å². The molecule has 0 unspecified atom stereocenters. The Bertz CT molecular complexity index is 581. The topological polar surface area (TPSA) is 62.7 Å². The van der Waals surface area contributed by atoms with E-state index in [4.69, 9.17) is 4.74 Å². The van der Waals surface area contributed by atoms with Crippen LogP contribution in [0.25, 0.3) is 0 Å². The number of anilines is 1. The normalized spacial score (nSPS) is 21.7. The van der Waals surface area contributed by atoms with Crippen molar-refractivity contribution in [2.45, 2.75) is 40.0 Å². The van der Waals surface area contributed by atoms with Gasteiger partial charge in [0.05, 0.1) is 13.7 Å². The second-order valence-electron chi connectivity index (χ2n) is 7.15. The number of benzene rings is 1. The highest BCUT2D eigenvalue weighted by Gasteiger charge is 2.29. The largest absolute Gasteiger partial charge is 0.497 e. The molecule has 0 saturated heterocycles. The van der Waals surface area contributed by atoms with E-state index < -0.39 is 0 Å². The van der Waals surface area contributed by atoms with Crippen LogP contribution >= 0.6 is 0 Å². The Kier molecular flexibility index (Phi) is 5.64. The van der Waals surface area contributed by atoms with Crippen molar-refractivity contribution in [1.29, 1.82) is 0 Å². The molecule has 126 valence electrons. The molecule has 0 heterocycles. The molecule has 5 nitrogen and oxygen atoms in total. The van der Waals surface area contributed by atoms with Gasteiger partial charge in [0.15, 0.2) is 0 Å². The Labute approximate surface area is 138 Å². The molecule has 2 N–H and O–H groups in total. The molecule has 1 atom stereocenters. The van der Waals surface area contributed by atoms with Gasteiger partial charge in [-0.15, -0.1) is 0 Å². The summed E-state index contributed by atoms with van der Waals surface area (Å²) in [5.41, 5.74) is 4.86. The van der Waals surface area contributed by atoms with Crippen LogP contribution in [0.2, 0.25) is 0 Å². The first kappa shape index (κ1) is 17.3. The zero-order valence-corrected chi connectivity index (χ0v) is 14.5. The van der Waals surface area contributed by atoms with Crippen molar-refractivity contribution in [1.82, 2.24) is 5.43 Å². The van der Waals surface area contributed by atoms with Crippen molar-refractivity contribution in [2.75, 3.05) is 19.0 Å². The molecular weight excluding hydrogens is 290 g/mol. The minimum absolute atomic E-state index is 0.142. The smallest absolute Gasteiger partial charge is 0.259 e. The maximum Gasteiger partial charge on any atom is 0.259 e. The Balaban J connectivity index is 1.83. The number of ether oxygens (including phenoxy) is 1. The molecule has 1 amide bonds. The maximum absolute atomic E-state index is 11.9. The molecule has 23 heavy (non-hydrogen) atoms. The monoisotopic (exact) mass is 317 g/mol. The van der Waals surface area contributed by atoms with Gasteiger partial charge in [-0.1, -0.05) is 26.8 Å². The fraction of sp³-hybridized carbons (Fsp3) is 0.556. The lowest BCUT2D eigenvalue weighted by molar-refractivity contribution is -0.119. The summed E-state index contributed by atoms with van der Waals surface area (Å²) >= 11 is 0. The predicted molar refractivity (Wildman–Crippen MR) is 93.9 cm³/mol. The van der Waals surface area contributed by atoms with Gasteiger partial charge in [-0.25, -0.2) is 5.43 Å². The summed E-state index contributed by atoms with van der Waals surface area (Å²) < 4.78 is 5.16. The molecule has 1 aromatic rings. The van der Waals surface area contributed by atoms with Crippen LogP contribution in [0.1, 0.15) is 40.0 Å². The molecule has 5 heteroatoms. The summed E-state index contributed by atoms with van der Waals surface area (Å²) in [7, 11) is 1.62. The summed E-state index contributed by atoms with van der Waals surface area (Å²) in [5, 5.41) is 7.40. The summed E-state index contributed by atoms with van der Waals surface area (Å²) in [6, 6.07) is 7.49. The fourth-order valence-electron chi connectivity index (χ4n) is 3.30. The molecule has 1 aliphatic carbocycles. The summed E-state index contributed by atoms with van der Waals surface area (Å²) in [6.07, 6.45) is 3.12. The third-order valence-corrected chi connectivity index (χ3v) is 4.03. The van der Waals surface area contributed by atoms with Crippen molar-refractivity contribution in [2.24, 2.45) is 16.4 Å². The SMILES string of the molecule is COc1cccc(NCC(=O)N/N=C2/C[C@@H](C)CC(C)(C)C2)c1. The molecule has 0 aromatic heterocycles. The highest BCUT2D eigenvalue weighted by Crippen LogP contribution is 2.36. The molecule has 0 bridgehead atoms.